The molecule has 1 aromatic rings. The van der Waals surface area contributed by atoms with Crippen LogP contribution in [-0.4, -0.2) is 19.6 Å². The summed E-state index contributed by atoms with van der Waals surface area (Å²) in [5, 5.41) is 7.13. The van der Waals surface area contributed by atoms with Gasteiger partial charge in [0.25, 0.3) is 0 Å². The number of halogens is 1. The summed E-state index contributed by atoms with van der Waals surface area (Å²) in [6.45, 7) is 7.89. The molecule has 3 heteroatoms. The quantitative estimate of drug-likeness (QED) is 0.768. The lowest BCUT2D eigenvalue weighted by atomic mass is 9.68. The summed E-state index contributed by atoms with van der Waals surface area (Å²) in [6.07, 6.45) is 1.24. The molecule has 92 valence electrons. The molecular formula is C14H19BrN2. The van der Waals surface area contributed by atoms with Crippen LogP contribution in [0.25, 0.3) is 0 Å². The van der Waals surface area contributed by atoms with E-state index in [0.29, 0.717) is 11.3 Å². The van der Waals surface area contributed by atoms with Crippen molar-refractivity contribution in [2.24, 2.45) is 5.92 Å². The second-order valence-electron chi connectivity index (χ2n) is 5.48. The van der Waals surface area contributed by atoms with Gasteiger partial charge < -0.3 is 10.6 Å². The van der Waals surface area contributed by atoms with Crippen molar-refractivity contribution in [3.05, 3.63) is 27.7 Å². The molecule has 1 spiro atoms. The molecule has 1 fully saturated rings. The van der Waals surface area contributed by atoms with E-state index in [-0.39, 0.29) is 0 Å². The molecular weight excluding hydrogens is 276 g/mol. The molecule has 2 heterocycles. The normalized spacial score (nSPS) is 31.4. The maximum absolute atomic E-state index is 3.72. The van der Waals surface area contributed by atoms with Crippen LogP contribution in [0.4, 0.5) is 5.69 Å². The molecule has 2 atom stereocenters. The average Bonchev–Trinajstić information content (AvgIpc) is 2.69. The first-order valence-electron chi connectivity index (χ1n) is 6.39. The third-order valence-electron chi connectivity index (χ3n) is 4.59. The van der Waals surface area contributed by atoms with Gasteiger partial charge in [-0.2, -0.15) is 0 Å². The number of fused-ring (bicyclic) bond motifs is 2. The van der Waals surface area contributed by atoms with E-state index in [1.165, 1.54) is 27.7 Å². The molecule has 0 aromatic heterocycles. The second-order valence-corrected chi connectivity index (χ2v) is 6.28. The van der Waals surface area contributed by atoms with Gasteiger partial charge in [0.2, 0.25) is 0 Å². The minimum Gasteiger partial charge on any atom is -0.383 e. The van der Waals surface area contributed by atoms with E-state index >= 15 is 0 Å². The van der Waals surface area contributed by atoms with Crippen LogP contribution in [0.2, 0.25) is 0 Å². The summed E-state index contributed by atoms with van der Waals surface area (Å²) in [5.41, 5.74) is 4.51. The number of rotatable bonds is 0. The van der Waals surface area contributed by atoms with Gasteiger partial charge in [0, 0.05) is 16.4 Å². The Bertz CT molecular complexity index is 458. The highest BCUT2D eigenvalue weighted by Crippen LogP contribution is 2.48. The monoisotopic (exact) mass is 294 g/mol. The zero-order valence-corrected chi connectivity index (χ0v) is 12.0. The highest BCUT2D eigenvalue weighted by molar-refractivity contribution is 9.10. The Kier molecular flexibility index (Phi) is 2.71. The maximum Gasteiger partial charge on any atom is 0.0526 e. The molecule has 2 unspecified atom stereocenters. The van der Waals surface area contributed by atoms with Gasteiger partial charge in [0.1, 0.15) is 0 Å². The average molecular weight is 295 g/mol. The first kappa shape index (κ1) is 11.5. The Morgan fingerprint density at radius 2 is 2.24 bits per heavy atom. The summed E-state index contributed by atoms with van der Waals surface area (Å²) >= 11 is 3.72. The zero-order valence-electron chi connectivity index (χ0n) is 10.4. The summed E-state index contributed by atoms with van der Waals surface area (Å²) in [5.74, 6) is 0.694. The van der Waals surface area contributed by atoms with Gasteiger partial charge in [-0.25, -0.2) is 0 Å². The minimum absolute atomic E-state index is 0.344. The van der Waals surface area contributed by atoms with Crippen LogP contribution in [0.5, 0.6) is 0 Å². The van der Waals surface area contributed by atoms with Crippen molar-refractivity contribution in [2.75, 3.05) is 25.0 Å². The van der Waals surface area contributed by atoms with Gasteiger partial charge >= 0.3 is 0 Å². The van der Waals surface area contributed by atoms with E-state index in [2.05, 4.69) is 52.5 Å². The number of nitrogens with one attached hydrogen (secondary N) is 2. The highest BCUT2D eigenvalue weighted by Gasteiger charge is 2.45. The van der Waals surface area contributed by atoms with Gasteiger partial charge in [-0.3, -0.25) is 0 Å². The fourth-order valence-electron chi connectivity index (χ4n) is 3.34. The van der Waals surface area contributed by atoms with Gasteiger partial charge in [-0.05, 0) is 59.4 Å². The number of piperidine rings is 1. The second kappa shape index (κ2) is 3.99. The zero-order chi connectivity index (χ0) is 12.0. The predicted molar refractivity (Wildman–Crippen MR) is 75.7 cm³/mol. The largest absolute Gasteiger partial charge is 0.383 e. The van der Waals surface area contributed by atoms with E-state index in [4.69, 9.17) is 0 Å². The Balaban J connectivity index is 2.12. The van der Waals surface area contributed by atoms with Crippen molar-refractivity contribution >= 4 is 21.6 Å². The van der Waals surface area contributed by atoms with Crippen LogP contribution in [0.3, 0.4) is 0 Å². The number of hydrogen-bond acceptors (Lipinski definition) is 2. The Morgan fingerprint density at radius 3 is 3.00 bits per heavy atom. The third-order valence-corrected chi connectivity index (χ3v) is 5.62. The van der Waals surface area contributed by atoms with E-state index in [0.717, 1.165) is 19.6 Å². The van der Waals surface area contributed by atoms with Gasteiger partial charge in [-0.15, -0.1) is 0 Å². The van der Waals surface area contributed by atoms with Crippen LogP contribution in [0.1, 0.15) is 24.5 Å². The van der Waals surface area contributed by atoms with Gasteiger partial charge in [0.15, 0.2) is 0 Å². The molecule has 0 bridgehead atoms. The van der Waals surface area contributed by atoms with Gasteiger partial charge in [-0.1, -0.05) is 19.1 Å². The van der Waals surface area contributed by atoms with Crippen LogP contribution in [0, 0.1) is 12.8 Å². The molecule has 3 rings (SSSR count). The molecule has 0 amide bonds. The number of anilines is 1. The Labute approximate surface area is 111 Å². The Morgan fingerprint density at radius 1 is 1.41 bits per heavy atom. The fourth-order valence-corrected chi connectivity index (χ4v) is 3.83. The van der Waals surface area contributed by atoms with Crippen molar-refractivity contribution in [3.8, 4) is 0 Å². The topological polar surface area (TPSA) is 24.1 Å². The molecule has 0 radical (unpaired) electrons. The smallest absolute Gasteiger partial charge is 0.0526 e. The maximum atomic E-state index is 3.72. The molecule has 2 aliphatic heterocycles. The fraction of sp³-hybridized carbons (Fsp3) is 0.571. The summed E-state index contributed by atoms with van der Waals surface area (Å²) in [7, 11) is 0. The summed E-state index contributed by atoms with van der Waals surface area (Å²) in [6, 6.07) is 4.57. The van der Waals surface area contributed by atoms with Crippen LogP contribution >= 0.6 is 15.9 Å². The van der Waals surface area contributed by atoms with E-state index in [1.54, 1.807) is 0 Å². The predicted octanol–water partition coefficient (Wildman–Crippen LogP) is 3.05. The number of hydrogen-bond donors (Lipinski definition) is 2. The lowest BCUT2D eigenvalue weighted by Gasteiger charge is -2.40. The summed E-state index contributed by atoms with van der Waals surface area (Å²) < 4.78 is 1.25. The first-order chi connectivity index (χ1) is 8.15. The molecule has 1 saturated heterocycles. The standard InChI is InChI=1S/C14H19BrN2/c1-9-3-4-11-13(12(9)15)17-8-14(11)5-6-16-7-10(14)2/h3-4,10,16-17H,5-8H2,1-2H3. The van der Waals surface area contributed by atoms with Crippen LogP contribution in [0.15, 0.2) is 16.6 Å². The molecule has 2 nitrogen and oxygen atoms in total. The molecule has 1 aromatic carbocycles. The Hall–Kier alpha value is -0.540. The van der Waals surface area contributed by atoms with Crippen LogP contribution in [-0.2, 0) is 5.41 Å². The van der Waals surface area contributed by atoms with Crippen molar-refractivity contribution in [1.29, 1.82) is 0 Å². The summed E-state index contributed by atoms with van der Waals surface area (Å²) in [4.78, 5) is 0. The van der Waals surface area contributed by atoms with Crippen molar-refractivity contribution in [1.82, 2.24) is 5.32 Å². The molecule has 0 saturated carbocycles. The molecule has 2 aliphatic rings. The lowest BCUT2D eigenvalue weighted by molar-refractivity contribution is 0.238. The van der Waals surface area contributed by atoms with Crippen LogP contribution < -0.4 is 10.6 Å². The SMILES string of the molecule is Cc1ccc2c(c1Br)NCC21CCNCC1C. The van der Waals surface area contributed by atoms with Crippen molar-refractivity contribution < 1.29 is 0 Å². The van der Waals surface area contributed by atoms with Gasteiger partial charge in [0.05, 0.1) is 5.69 Å². The third kappa shape index (κ3) is 1.55. The first-order valence-corrected chi connectivity index (χ1v) is 7.18. The number of benzene rings is 1. The lowest BCUT2D eigenvalue weighted by Crippen LogP contribution is -2.48. The van der Waals surface area contributed by atoms with Crippen molar-refractivity contribution in [3.63, 3.8) is 0 Å². The van der Waals surface area contributed by atoms with E-state index < -0.39 is 0 Å². The molecule has 17 heavy (non-hydrogen) atoms. The molecule has 0 aliphatic carbocycles. The van der Waals surface area contributed by atoms with E-state index in [1.807, 2.05) is 0 Å². The minimum atomic E-state index is 0.344. The van der Waals surface area contributed by atoms with Crippen molar-refractivity contribution in [2.45, 2.75) is 25.7 Å². The number of aryl methyl sites for hydroxylation is 1. The molecule has 2 N–H and O–H groups in total. The van der Waals surface area contributed by atoms with E-state index in [9.17, 15) is 0 Å². The highest BCUT2D eigenvalue weighted by atomic mass is 79.9.